The Morgan fingerprint density at radius 1 is 1.42 bits per heavy atom. The molecule has 0 aliphatic heterocycles. The van der Waals surface area contributed by atoms with Crippen molar-refractivity contribution >= 4 is 11.8 Å². The molecule has 2 unspecified atom stereocenters. The third-order valence-electron chi connectivity index (χ3n) is 4.79. The maximum Gasteiger partial charge on any atom is 0.276 e. The zero-order valence-corrected chi connectivity index (χ0v) is 14.6. The van der Waals surface area contributed by atoms with Crippen molar-refractivity contribution in [2.75, 3.05) is 13.6 Å². The quantitative estimate of drug-likeness (QED) is 0.820. The fourth-order valence-electron chi connectivity index (χ4n) is 3.00. The molecule has 1 aliphatic rings. The summed E-state index contributed by atoms with van der Waals surface area (Å²) < 4.78 is 4.89. The maximum atomic E-state index is 12.3. The molecule has 0 aromatic carbocycles. The van der Waals surface area contributed by atoms with E-state index < -0.39 is 24.0 Å². The number of likely N-dealkylation sites (N-methyl/N-ethyl adjacent to an activating group) is 1. The summed E-state index contributed by atoms with van der Waals surface area (Å²) in [5, 5.41) is 16.7. The monoisotopic (exact) mass is 337 g/mol. The van der Waals surface area contributed by atoms with Crippen LogP contribution in [0.4, 0.5) is 0 Å². The molecule has 2 atom stereocenters. The van der Waals surface area contributed by atoms with Gasteiger partial charge in [-0.05, 0) is 32.6 Å². The summed E-state index contributed by atoms with van der Waals surface area (Å²) >= 11 is 0. The van der Waals surface area contributed by atoms with Crippen molar-refractivity contribution in [3.63, 3.8) is 0 Å². The smallest absolute Gasteiger partial charge is 0.276 e. The highest BCUT2D eigenvalue weighted by atomic mass is 16.5. The molecule has 1 heterocycles. The second-order valence-corrected chi connectivity index (χ2v) is 6.67. The summed E-state index contributed by atoms with van der Waals surface area (Å²) in [4.78, 5) is 25.8. The largest absolute Gasteiger partial charge is 0.381 e. The summed E-state index contributed by atoms with van der Waals surface area (Å²) in [6, 6.07) is 0.863. The molecular formula is C17H27N3O4. The van der Waals surface area contributed by atoms with Gasteiger partial charge in [-0.3, -0.25) is 9.59 Å². The third-order valence-corrected chi connectivity index (χ3v) is 4.79. The fourth-order valence-corrected chi connectivity index (χ4v) is 3.00. The van der Waals surface area contributed by atoms with E-state index in [1.807, 2.05) is 0 Å². The molecule has 1 aliphatic carbocycles. The topological polar surface area (TPSA) is 95.7 Å². The molecule has 7 heteroatoms. The van der Waals surface area contributed by atoms with E-state index in [1.165, 1.54) is 37.3 Å². The van der Waals surface area contributed by atoms with Crippen LogP contribution in [0.25, 0.3) is 0 Å². The second-order valence-electron chi connectivity index (χ2n) is 6.67. The van der Waals surface area contributed by atoms with Crippen LogP contribution in [0, 0.1) is 12.8 Å². The van der Waals surface area contributed by atoms with E-state index >= 15 is 0 Å². The highest BCUT2D eigenvalue weighted by Crippen LogP contribution is 2.22. The number of nitrogens with one attached hydrogen (secondary N) is 1. The number of aromatic nitrogens is 1. The molecule has 0 radical (unpaired) electrons. The van der Waals surface area contributed by atoms with Crippen molar-refractivity contribution in [2.45, 2.75) is 58.1 Å². The fraction of sp³-hybridized carbons (Fsp3) is 0.706. The molecule has 1 aromatic rings. The van der Waals surface area contributed by atoms with E-state index in [4.69, 9.17) is 4.52 Å². The standard InChI is InChI=1S/C17H27N3O4/c1-11-9-14(19-24-11)17(23)20(3)12(2)15(21)16(22)18-10-13-7-5-4-6-8-13/h9,12-13,15,21H,4-8,10H2,1-3H3,(H,18,22). The predicted molar refractivity (Wildman–Crippen MR) is 88.4 cm³/mol. The third kappa shape index (κ3) is 4.56. The van der Waals surface area contributed by atoms with Gasteiger partial charge in [0.1, 0.15) is 5.76 Å². The molecule has 2 N–H and O–H groups in total. The van der Waals surface area contributed by atoms with Gasteiger partial charge in [0, 0.05) is 19.7 Å². The van der Waals surface area contributed by atoms with Crippen LogP contribution in [-0.4, -0.2) is 52.7 Å². The van der Waals surface area contributed by atoms with Crippen molar-refractivity contribution in [3.8, 4) is 0 Å². The van der Waals surface area contributed by atoms with E-state index in [2.05, 4.69) is 10.5 Å². The Labute approximate surface area is 142 Å². The van der Waals surface area contributed by atoms with Crippen molar-refractivity contribution < 1.29 is 19.2 Å². The average molecular weight is 337 g/mol. The van der Waals surface area contributed by atoms with Crippen molar-refractivity contribution in [2.24, 2.45) is 5.92 Å². The Bertz CT molecular complexity index is 566. The first kappa shape index (κ1) is 18.4. The Morgan fingerprint density at radius 3 is 2.67 bits per heavy atom. The highest BCUT2D eigenvalue weighted by Gasteiger charge is 2.30. The molecule has 1 fully saturated rings. The Balaban J connectivity index is 1.86. The lowest BCUT2D eigenvalue weighted by Crippen LogP contribution is -2.50. The number of aliphatic hydroxyl groups is 1. The molecule has 24 heavy (non-hydrogen) atoms. The average Bonchev–Trinajstić information content (AvgIpc) is 3.04. The zero-order chi connectivity index (χ0) is 17.7. The summed E-state index contributed by atoms with van der Waals surface area (Å²) in [6.45, 7) is 3.92. The number of amides is 2. The number of aliphatic hydroxyl groups excluding tert-OH is 1. The number of aryl methyl sites for hydroxylation is 1. The zero-order valence-electron chi connectivity index (χ0n) is 14.6. The van der Waals surface area contributed by atoms with Crippen LogP contribution in [0.1, 0.15) is 55.3 Å². The van der Waals surface area contributed by atoms with Crippen molar-refractivity contribution in [3.05, 3.63) is 17.5 Å². The number of carbonyl (C=O) groups is 2. The molecule has 2 amide bonds. The van der Waals surface area contributed by atoms with Gasteiger partial charge in [0.25, 0.3) is 11.8 Å². The molecule has 1 saturated carbocycles. The van der Waals surface area contributed by atoms with Gasteiger partial charge in [-0.1, -0.05) is 24.4 Å². The summed E-state index contributed by atoms with van der Waals surface area (Å²) in [5.74, 6) is 0.190. The molecule has 7 nitrogen and oxygen atoms in total. The molecule has 0 bridgehead atoms. The number of carbonyl (C=O) groups excluding carboxylic acids is 2. The van der Waals surface area contributed by atoms with Gasteiger partial charge in [0.05, 0.1) is 6.04 Å². The molecule has 0 spiro atoms. The van der Waals surface area contributed by atoms with E-state index in [9.17, 15) is 14.7 Å². The molecule has 2 rings (SSSR count). The van der Waals surface area contributed by atoms with Crippen LogP contribution in [-0.2, 0) is 4.79 Å². The van der Waals surface area contributed by atoms with Crippen LogP contribution in [0.15, 0.2) is 10.6 Å². The van der Waals surface area contributed by atoms with Gasteiger partial charge in [-0.2, -0.15) is 0 Å². The van der Waals surface area contributed by atoms with E-state index in [0.29, 0.717) is 18.2 Å². The van der Waals surface area contributed by atoms with Crippen LogP contribution >= 0.6 is 0 Å². The molecule has 134 valence electrons. The predicted octanol–water partition coefficient (Wildman–Crippen LogP) is 1.50. The summed E-state index contributed by atoms with van der Waals surface area (Å²) in [6.07, 6.45) is 4.63. The van der Waals surface area contributed by atoms with Crippen LogP contribution in [0.3, 0.4) is 0 Å². The van der Waals surface area contributed by atoms with E-state index in [0.717, 1.165) is 12.8 Å². The Kier molecular flexibility index (Phi) is 6.36. The van der Waals surface area contributed by atoms with Crippen LogP contribution in [0.2, 0.25) is 0 Å². The van der Waals surface area contributed by atoms with E-state index in [-0.39, 0.29) is 5.69 Å². The van der Waals surface area contributed by atoms with Gasteiger partial charge >= 0.3 is 0 Å². The lowest BCUT2D eigenvalue weighted by Gasteiger charge is -2.28. The van der Waals surface area contributed by atoms with Crippen molar-refractivity contribution in [1.82, 2.24) is 15.4 Å². The minimum atomic E-state index is -1.28. The van der Waals surface area contributed by atoms with E-state index in [1.54, 1.807) is 13.8 Å². The van der Waals surface area contributed by atoms with Crippen LogP contribution < -0.4 is 5.32 Å². The minimum Gasteiger partial charge on any atom is -0.381 e. The van der Waals surface area contributed by atoms with Gasteiger partial charge in [0.2, 0.25) is 0 Å². The number of rotatable bonds is 6. The van der Waals surface area contributed by atoms with Gasteiger partial charge in [-0.25, -0.2) is 0 Å². The molecule has 0 saturated heterocycles. The first-order valence-electron chi connectivity index (χ1n) is 8.56. The molecule has 1 aromatic heterocycles. The minimum absolute atomic E-state index is 0.164. The Morgan fingerprint density at radius 2 is 2.08 bits per heavy atom. The van der Waals surface area contributed by atoms with Crippen molar-refractivity contribution in [1.29, 1.82) is 0 Å². The Hall–Kier alpha value is -1.89. The van der Waals surface area contributed by atoms with Gasteiger partial charge in [-0.15, -0.1) is 0 Å². The lowest BCUT2D eigenvalue weighted by molar-refractivity contribution is -0.132. The second kappa shape index (κ2) is 8.28. The number of hydrogen-bond donors (Lipinski definition) is 2. The van der Waals surface area contributed by atoms with Gasteiger partial charge in [0.15, 0.2) is 11.8 Å². The highest BCUT2D eigenvalue weighted by molar-refractivity contribution is 5.93. The molecular weight excluding hydrogens is 310 g/mol. The number of hydrogen-bond acceptors (Lipinski definition) is 5. The van der Waals surface area contributed by atoms with Gasteiger partial charge < -0.3 is 19.8 Å². The first-order valence-corrected chi connectivity index (χ1v) is 8.56. The summed E-state index contributed by atoms with van der Waals surface area (Å²) in [7, 11) is 1.54. The SMILES string of the molecule is Cc1cc(C(=O)N(C)C(C)C(O)C(=O)NCC2CCCCC2)no1. The number of nitrogens with zero attached hydrogens (tertiary/aromatic N) is 2. The normalized spacial score (nSPS) is 18.0. The van der Waals surface area contributed by atoms with Crippen LogP contribution in [0.5, 0.6) is 0 Å². The lowest BCUT2D eigenvalue weighted by atomic mass is 9.89. The first-order chi connectivity index (χ1) is 11.4. The maximum absolute atomic E-state index is 12.3. The summed E-state index contributed by atoms with van der Waals surface area (Å²) in [5.41, 5.74) is 0.164.